The molecule has 3 aromatic rings. The Bertz CT molecular complexity index is 1130. The number of nitrogen functional groups attached to an aromatic ring is 1. The van der Waals surface area contributed by atoms with Gasteiger partial charge in [0.15, 0.2) is 0 Å². The molecule has 0 amide bonds. The first-order chi connectivity index (χ1) is 13.7. The van der Waals surface area contributed by atoms with Crippen molar-refractivity contribution in [1.82, 2.24) is 0 Å². The number of anilines is 1. The molecule has 0 bridgehead atoms. The molecule has 0 aliphatic carbocycles. The molecule has 0 aliphatic rings. The number of nitrogens with zero attached hydrogens (tertiary/aromatic N) is 2. The van der Waals surface area contributed by atoms with Crippen LogP contribution in [0.4, 0.5) is 10.1 Å². The molecule has 0 radical (unpaired) electrons. The number of aryl methyl sites for hydroxylation is 1. The lowest BCUT2D eigenvalue weighted by Gasteiger charge is -2.15. The van der Waals surface area contributed by atoms with E-state index in [0.29, 0.717) is 11.3 Å². The second-order valence-corrected chi connectivity index (χ2v) is 8.74. The lowest BCUT2D eigenvalue weighted by molar-refractivity contribution is 0.223. The van der Waals surface area contributed by atoms with Crippen LogP contribution in [-0.2, 0) is 0 Å². The molecule has 0 saturated heterocycles. The number of hydrogen-bond donors (Lipinski definition) is 2. The maximum Gasteiger partial charge on any atom is 0.141 e. The first-order valence-electron chi connectivity index (χ1n) is 9.10. The number of aliphatic hydroxyl groups is 1. The van der Waals surface area contributed by atoms with Gasteiger partial charge in [0.25, 0.3) is 0 Å². The minimum Gasteiger partial charge on any atom is -0.398 e. The van der Waals surface area contributed by atoms with Gasteiger partial charge in [-0.3, -0.25) is 4.99 Å². The van der Waals surface area contributed by atoms with E-state index in [4.69, 9.17) is 11.0 Å². The average molecular weight is 408 g/mol. The van der Waals surface area contributed by atoms with Gasteiger partial charge in [0.1, 0.15) is 11.9 Å². The van der Waals surface area contributed by atoms with Gasteiger partial charge in [0.2, 0.25) is 0 Å². The highest BCUT2D eigenvalue weighted by molar-refractivity contribution is 7.16. The Morgan fingerprint density at radius 1 is 1.21 bits per heavy atom. The van der Waals surface area contributed by atoms with Gasteiger partial charge in [-0.05, 0) is 62.2 Å². The quantitative estimate of drug-likeness (QED) is 0.452. The van der Waals surface area contributed by atoms with E-state index < -0.39 is 11.4 Å². The number of rotatable bonds is 5. The zero-order valence-corrected chi connectivity index (χ0v) is 17.3. The van der Waals surface area contributed by atoms with Crippen molar-refractivity contribution < 1.29 is 9.50 Å². The summed E-state index contributed by atoms with van der Waals surface area (Å²) in [7, 11) is 0. The lowest BCUT2D eigenvalue weighted by atomic mass is 9.99. The number of hydrogen-bond acceptors (Lipinski definition) is 5. The summed E-state index contributed by atoms with van der Waals surface area (Å²) in [6.07, 6.45) is 1.68. The lowest BCUT2D eigenvalue weighted by Crippen LogP contribution is -2.22. The second-order valence-electron chi connectivity index (χ2n) is 7.48. The maximum atomic E-state index is 14.2. The van der Waals surface area contributed by atoms with Crippen molar-refractivity contribution in [1.29, 1.82) is 5.26 Å². The number of nitrogens with two attached hydrogens (primary N) is 1. The predicted octanol–water partition coefficient (Wildman–Crippen LogP) is 5.17. The smallest absolute Gasteiger partial charge is 0.141 e. The van der Waals surface area contributed by atoms with E-state index in [1.54, 1.807) is 23.6 Å². The van der Waals surface area contributed by atoms with Crippen LogP contribution >= 0.6 is 11.3 Å². The zero-order valence-electron chi connectivity index (χ0n) is 16.5. The van der Waals surface area contributed by atoms with Crippen molar-refractivity contribution in [3.63, 3.8) is 0 Å². The average Bonchev–Trinajstić information content (AvgIpc) is 3.09. The largest absolute Gasteiger partial charge is 0.398 e. The van der Waals surface area contributed by atoms with Crippen LogP contribution < -0.4 is 5.73 Å². The number of halogens is 1. The molecule has 0 fully saturated rings. The van der Waals surface area contributed by atoms with Gasteiger partial charge in [-0.25, -0.2) is 4.39 Å². The molecule has 6 heteroatoms. The van der Waals surface area contributed by atoms with Gasteiger partial charge in [-0.2, -0.15) is 5.26 Å². The number of thiophene rings is 1. The standard InChI is InChI=1S/C23H22FN3OS/c1-14-8-19(15-4-5-17(11-25)20(24)10-15)22(29-14)16-6-7-21(26)18(9-16)12-27-23(2,3)13-28/h4-10,12,28H,13,26H2,1-3H3. The Balaban J connectivity index is 2.08. The molecule has 1 aromatic heterocycles. The molecular formula is C23H22FN3OS. The molecule has 2 aromatic carbocycles. The fourth-order valence-corrected chi connectivity index (χ4v) is 3.86. The van der Waals surface area contributed by atoms with Crippen molar-refractivity contribution in [2.24, 2.45) is 4.99 Å². The third-order valence-electron chi connectivity index (χ3n) is 4.54. The molecule has 0 aliphatic heterocycles. The van der Waals surface area contributed by atoms with E-state index in [2.05, 4.69) is 4.99 Å². The van der Waals surface area contributed by atoms with Crippen LogP contribution in [0.5, 0.6) is 0 Å². The van der Waals surface area contributed by atoms with Gasteiger partial charge in [-0.1, -0.05) is 12.1 Å². The number of nitriles is 1. The van der Waals surface area contributed by atoms with E-state index in [0.717, 1.165) is 26.4 Å². The summed E-state index contributed by atoms with van der Waals surface area (Å²) in [5, 5.41) is 18.4. The van der Waals surface area contributed by atoms with Crippen molar-refractivity contribution in [2.45, 2.75) is 26.3 Å². The molecule has 0 atom stereocenters. The third kappa shape index (κ3) is 4.53. The van der Waals surface area contributed by atoms with Crippen LogP contribution in [0.1, 0.15) is 29.9 Å². The molecule has 3 rings (SSSR count). The minimum atomic E-state index is -0.590. The van der Waals surface area contributed by atoms with Crippen LogP contribution in [0.2, 0.25) is 0 Å². The Labute approximate surface area is 173 Å². The van der Waals surface area contributed by atoms with E-state index in [-0.39, 0.29) is 12.2 Å². The Morgan fingerprint density at radius 3 is 2.59 bits per heavy atom. The normalized spacial score (nSPS) is 11.7. The highest BCUT2D eigenvalue weighted by Gasteiger charge is 2.16. The second kappa shape index (κ2) is 8.16. The molecule has 29 heavy (non-hydrogen) atoms. The summed E-state index contributed by atoms with van der Waals surface area (Å²) in [4.78, 5) is 6.50. The Kier molecular flexibility index (Phi) is 5.83. The molecule has 4 nitrogen and oxygen atoms in total. The van der Waals surface area contributed by atoms with Gasteiger partial charge >= 0.3 is 0 Å². The molecular weight excluding hydrogens is 385 g/mol. The summed E-state index contributed by atoms with van der Waals surface area (Å²) >= 11 is 1.61. The van der Waals surface area contributed by atoms with Crippen molar-refractivity contribution >= 4 is 23.2 Å². The summed E-state index contributed by atoms with van der Waals surface area (Å²) in [5.74, 6) is -0.531. The molecule has 0 unspecified atom stereocenters. The van der Waals surface area contributed by atoms with Crippen molar-refractivity contribution in [2.75, 3.05) is 12.3 Å². The van der Waals surface area contributed by atoms with E-state index in [9.17, 15) is 9.50 Å². The Morgan fingerprint density at radius 2 is 1.93 bits per heavy atom. The van der Waals surface area contributed by atoms with Crippen LogP contribution in [-0.4, -0.2) is 23.5 Å². The molecule has 1 heterocycles. The van der Waals surface area contributed by atoms with Crippen molar-refractivity contribution in [3.05, 3.63) is 64.3 Å². The van der Waals surface area contributed by atoms with Gasteiger partial charge in [-0.15, -0.1) is 11.3 Å². The number of aliphatic hydroxyl groups excluding tert-OH is 1. The highest BCUT2D eigenvalue weighted by atomic mass is 32.1. The first-order valence-corrected chi connectivity index (χ1v) is 9.92. The highest BCUT2D eigenvalue weighted by Crippen LogP contribution is 2.40. The monoisotopic (exact) mass is 407 g/mol. The number of aliphatic imine (C=N–C) groups is 1. The SMILES string of the molecule is Cc1cc(-c2ccc(C#N)c(F)c2)c(-c2ccc(N)c(C=NC(C)(C)CO)c2)s1. The van der Waals surface area contributed by atoms with Gasteiger partial charge < -0.3 is 10.8 Å². The predicted molar refractivity (Wildman–Crippen MR) is 118 cm³/mol. The first kappa shape index (κ1) is 20.7. The maximum absolute atomic E-state index is 14.2. The molecule has 0 saturated carbocycles. The summed E-state index contributed by atoms with van der Waals surface area (Å²) < 4.78 is 14.2. The van der Waals surface area contributed by atoms with Gasteiger partial charge in [0.05, 0.1) is 17.7 Å². The van der Waals surface area contributed by atoms with Crippen LogP contribution in [0, 0.1) is 24.1 Å². The Hall–Kier alpha value is -3.01. The summed E-state index contributed by atoms with van der Waals surface area (Å²) in [6, 6.07) is 14.2. The van der Waals surface area contributed by atoms with E-state index >= 15 is 0 Å². The minimum absolute atomic E-state index is 0.0275. The molecule has 148 valence electrons. The summed E-state index contributed by atoms with van der Waals surface area (Å²) in [5.41, 5.74) is 9.46. The van der Waals surface area contributed by atoms with Crippen molar-refractivity contribution in [3.8, 4) is 27.6 Å². The van der Waals surface area contributed by atoms with Gasteiger partial charge in [0, 0.05) is 32.8 Å². The van der Waals surface area contributed by atoms with E-state index in [1.165, 1.54) is 12.1 Å². The van der Waals surface area contributed by atoms with E-state index in [1.807, 2.05) is 51.1 Å². The fourth-order valence-electron chi connectivity index (χ4n) is 2.83. The third-order valence-corrected chi connectivity index (χ3v) is 5.64. The summed E-state index contributed by atoms with van der Waals surface area (Å²) in [6.45, 7) is 5.61. The number of benzene rings is 2. The molecule has 0 spiro atoms. The topological polar surface area (TPSA) is 82.4 Å². The zero-order chi connectivity index (χ0) is 21.2. The fraction of sp³-hybridized carbons (Fsp3) is 0.217. The molecule has 3 N–H and O–H groups in total. The van der Waals surface area contributed by atoms with Crippen LogP contribution in [0.15, 0.2) is 47.5 Å². The van der Waals surface area contributed by atoms with Crippen LogP contribution in [0.25, 0.3) is 21.6 Å². The van der Waals surface area contributed by atoms with Crippen LogP contribution in [0.3, 0.4) is 0 Å².